The summed E-state index contributed by atoms with van der Waals surface area (Å²) in [6.07, 6.45) is 1.06. The molecule has 1 heterocycles. The van der Waals surface area contributed by atoms with Crippen molar-refractivity contribution in [3.05, 3.63) is 47.4 Å². The van der Waals surface area contributed by atoms with Crippen LogP contribution in [0.25, 0.3) is 11.3 Å². The molecule has 3 heteroatoms. The third-order valence-corrected chi connectivity index (χ3v) is 2.67. The van der Waals surface area contributed by atoms with Crippen LogP contribution >= 0.6 is 0 Å². The molecular formula is C15H15N3. The molecule has 0 unspecified atom stereocenters. The third-order valence-electron chi connectivity index (χ3n) is 2.67. The number of hydrogen-bond donors (Lipinski definition) is 0. The first-order valence-corrected chi connectivity index (χ1v) is 5.97. The summed E-state index contributed by atoms with van der Waals surface area (Å²) in [6.45, 7) is 4.02. The molecule has 0 aliphatic heterocycles. The lowest BCUT2D eigenvalue weighted by atomic mass is 10.1. The molecule has 1 aromatic carbocycles. The van der Waals surface area contributed by atoms with E-state index in [1.165, 1.54) is 5.56 Å². The number of aryl methyl sites for hydroxylation is 3. The van der Waals surface area contributed by atoms with E-state index in [0.29, 0.717) is 12.8 Å². The highest BCUT2D eigenvalue weighted by Gasteiger charge is 2.04. The van der Waals surface area contributed by atoms with Crippen molar-refractivity contribution in [2.24, 2.45) is 0 Å². The van der Waals surface area contributed by atoms with Gasteiger partial charge in [-0.2, -0.15) is 5.26 Å². The Morgan fingerprint density at radius 2 is 2.00 bits per heavy atom. The molecule has 2 rings (SSSR count). The maximum atomic E-state index is 8.61. The van der Waals surface area contributed by atoms with E-state index in [2.05, 4.69) is 35.1 Å². The molecule has 3 nitrogen and oxygen atoms in total. The van der Waals surface area contributed by atoms with Gasteiger partial charge < -0.3 is 0 Å². The van der Waals surface area contributed by atoms with E-state index in [9.17, 15) is 0 Å². The Labute approximate surface area is 107 Å². The minimum atomic E-state index is 0.455. The fourth-order valence-corrected chi connectivity index (χ4v) is 1.86. The van der Waals surface area contributed by atoms with Crippen LogP contribution in [0, 0.1) is 25.2 Å². The van der Waals surface area contributed by atoms with Crippen molar-refractivity contribution in [1.82, 2.24) is 9.97 Å². The lowest BCUT2D eigenvalue weighted by Gasteiger charge is -2.06. The molecule has 1 aromatic heterocycles. The molecule has 0 saturated heterocycles. The quantitative estimate of drug-likeness (QED) is 0.823. The van der Waals surface area contributed by atoms with Gasteiger partial charge in [-0.05, 0) is 26.0 Å². The second kappa shape index (κ2) is 5.42. The maximum absolute atomic E-state index is 8.61. The third kappa shape index (κ3) is 2.92. The lowest BCUT2D eigenvalue weighted by Crippen LogP contribution is -1.99. The molecule has 0 aliphatic rings. The van der Waals surface area contributed by atoms with Gasteiger partial charge in [-0.3, -0.25) is 0 Å². The topological polar surface area (TPSA) is 49.6 Å². The molecular weight excluding hydrogens is 222 g/mol. The first-order chi connectivity index (χ1) is 8.69. The molecule has 0 radical (unpaired) electrons. The summed E-state index contributed by atoms with van der Waals surface area (Å²) in [4.78, 5) is 8.88. The van der Waals surface area contributed by atoms with Gasteiger partial charge in [0.15, 0.2) is 0 Å². The maximum Gasteiger partial charge on any atom is 0.130 e. The second-order valence-corrected chi connectivity index (χ2v) is 4.34. The van der Waals surface area contributed by atoms with Gasteiger partial charge in [0.1, 0.15) is 5.82 Å². The zero-order valence-electron chi connectivity index (χ0n) is 10.6. The molecule has 18 heavy (non-hydrogen) atoms. The zero-order valence-corrected chi connectivity index (χ0v) is 10.6. The normalized spacial score (nSPS) is 10.1. The Kier molecular flexibility index (Phi) is 3.69. The van der Waals surface area contributed by atoms with E-state index in [-0.39, 0.29) is 0 Å². The molecule has 2 aromatic rings. The first-order valence-electron chi connectivity index (χ1n) is 5.97. The SMILES string of the molecule is Cc1cccc(-c2cc(C)nc(CCC#N)n2)c1. The second-order valence-electron chi connectivity index (χ2n) is 4.34. The Morgan fingerprint density at radius 3 is 2.72 bits per heavy atom. The predicted octanol–water partition coefficient (Wildman–Crippen LogP) is 3.22. The van der Waals surface area contributed by atoms with Gasteiger partial charge in [0, 0.05) is 24.1 Å². The zero-order chi connectivity index (χ0) is 13.0. The van der Waals surface area contributed by atoms with Gasteiger partial charge in [-0.25, -0.2) is 9.97 Å². The predicted molar refractivity (Wildman–Crippen MR) is 70.9 cm³/mol. The fourth-order valence-electron chi connectivity index (χ4n) is 1.86. The number of rotatable bonds is 3. The lowest BCUT2D eigenvalue weighted by molar-refractivity contribution is 0.873. The van der Waals surface area contributed by atoms with E-state index >= 15 is 0 Å². The minimum absolute atomic E-state index is 0.455. The fraction of sp³-hybridized carbons (Fsp3) is 0.267. The smallest absolute Gasteiger partial charge is 0.130 e. The number of hydrogen-bond acceptors (Lipinski definition) is 3. The van der Waals surface area contributed by atoms with Gasteiger partial charge in [0.2, 0.25) is 0 Å². The van der Waals surface area contributed by atoms with Crippen LogP contribution in [-0.4, -0.2) is 9.97 Å². The average Bonchev–Trinajstić information content (AvgIpc) is 2.36. The van der Waals surface area contributed by atoms with Crippen LogP contribution in [0.3, 0.4) is 0 Å². The van der Waals surface area contributed by atoms with E-state index < -0.39 is 0 Å². The molecule has 0 N–H and O–H groups in total. The van der Waals surface area contributed by atoms with Crippen molar-refractivity contribution < 1.29 is 0 Å². The Hall–Kier alpha value is -2.21. The van der Waals surface area contributed by atoms with Gasteiger partial charge >= 0.3 is 0 Å². The van der Waals surface area contributed by atoms with E-state index in [0.717, 1.165) is 22.8 Å². The van der Waals surface area contributed by atoms with E-state index in [1.807, 2.05) is 25.1 Å². The summed E-state index contributed by atoms with van der Waals surface area (Å²) in [6, 6.07) is 12.3. The monoisotopic (exact) mass is 237 g/mol. The average molecular weight is 237 g/mol. The van der Waals surface area contributed by atoms with Crippen molar-refractivity contribution in [1.29, 1.82) is 5.26 Å². The Bertz CT molecular complexity index is 597. The van der Waals surface area contributed by atoms with Gasteiger partial charge in [0.05, 0.1) is 11.8 Å². The molecule has 0 amide bonds. The summed E-state index contributed by atoms with van der Waals surface area (Å²) < 4.78 is 0. The van der Waals surface area contributed by atoms with Crippen LogP contribution < -0.4 is 0 Å². The van der Waals surface area contributed by atoms with E-state index in [1.54, 1.807) is 0 Å². The van der Waals surface area contributed by atoms with Crippen molar-refractivity contribution >= 4 is 0 Å². The van der Waals surface area contributed by atoms with Gasteiger partial charge in [-0.1, -0.05) is 23.8 Å². The number of aromatic nitrogens is 2. The first kappa shape index (κ1) is 12.3. The summed E-state index contributed by atoms with van der Waals surface area (Å²) in [5.41, 5.74) is 4.18. The van der Waals surface area contributed by atoms with Gasteiger partial charge in [0.25, 0.3) is 0 Å². The summed E-state index contributed by atoms with van der Waals surface area (Å²) in [5.74, 6) is 0.744. The van der Waals surface area contributed by atoms with E-state index in [4.69, 9.17) is 5.26 Å². The molecule has 0 fully saturated rings. The summed E-state index contributed by atoms with van der Waals surface area (Å²) in [5, 5.41) is 8.61. The highest BCUT2D eigenvalue weighted by molar-refractivity contribution is 5.60. The largest absolute Gasteiger partial charge is 0.238 e. The van der Waals surface area contributed by atoms with Crippen LogP contribution in [-0.2, 0) is 6.42 Å². The molecule has 0 bridgehead atoms. The van der Waals surface area contributed by atoms with Crippen molar-refractivity contribution in [2.45, 2.75) is 26.7 Å². The Balaban J connectivity index is 2.39. The number of benzene rings is 1. The molecule has 0 spiro atoms. The van der Waals surface area contributed by atoms with Crippen LogP contribution in [0.5, 0.6) is 0 Å². The standard InChI is InChI=1S/C15H15N3/c1-11-5-3-6-13(9-11)14-10-12(2)17-15(18-14)7-4-8-16/h3,5-6,9-10H,4,7H2,1-2H3. The molecule has 90 valence electrons. The molecule has 0 saturated carbocycles. The molecule has 0 atom stereocenters. The number of nitriles is 1. The van der Waals surface area contributed by atoms with Gasteiger partial charge in [-0.15, -0.1) is 0 Å². The summed E-state index contributed by atoms with van der Waals surface area (Å²) in [7, 11) is 0. The summed E-state index contributed by atoms with van der Waals surface area (Å²) >= 11 is 0. The van der Waals surface area contributed by atoms with Crippen LogP contribution in [0.15, 0.2) is 30.3 Å². The number of nitrogens with zero attached hydrogens (tertiary/aromatic N) is 3. The highest BCUT2D eigenvalue weighted by atomic mass is 14.9. The van der Waals surface area contributed by atoms with Crippen molar-refractivity contribution in [3.8, 4) is 17.3 Å². The Morgan fingerprint density at radius 1 is 1.17 bits per heavy atom. The highest BCUT2D eigenvalue weighted by Crippen LogP contribution is 2.19. The molecule has 0 aliphatic carbocycles. The van der Waals surface area contributed by atoms with Crippen molar-refractivity contribution in [2.75, 3.05) is 0 Å². The van der Waals surface area contributed by atoms with Crippen LogP contribution in [0.4, 0.5) is 0 Å². The van der Waals surface area contributed by atoms with Crippen LogP contribution in [0.2, 0.25) is 0 Å². The minimum Gasteiger partial charge on any atom is -0.238 e. The van der Waals surface area contributed by atoms with Crippen molar-refractivity contribution in [3.63, 3.8) is 0 Å². The van der Waals surface area contributed by atoms with Crippen LogP contribution in [0.1, 0.15) is 23.5 Å².